The average Bonchev–Trinajstić information content (AvgIpc) is 3.10. The number of nitrogens with one attached hydrogen (secondary N) is 2. The van der Waals surface area contributed by atoms with Crippen LogP contribution in [0.25, 0.3) is 21.9 Å². The standard InChI is InChI=1S/C23H26N4O2S/c1-14(2)10-20(22(29)25-9-8-24)26-23-21(15(3)27-30-23)19-7-6-17-11-16(13-28)4-5-18(17)12-19/h4-7,11-12,14,20,26,28H,9-10,13H2,1-3H3,(H,25,29)/t20-/m0/s1. The number of rotatable bonds is 8. The van der Waals surface area contributed by atoms with E-state index in [9.17, 15) is 9.90 Å². The molecule has 3 aromatic rings. The van der Waals surface area contributed by atoms with Crippen LogP contribution < -0.4 is 10.6 Å². The van der Waals surface area contributed by atoms with Crippen molar-refractivity contribution in [3.05, 3.63) is 47.7 Å². The molecular weight excluding hydrogens is 396 g/mol. The summed E-state index contributed by atoms with van der Waals surface area (Å²) in [6, 6.07) is 13.6. The molecule has 0 spiro atoms. The van der Waals surface area contributed by atoms with Crippen LogP contribution in [0.5, 0.6) is 0 Å². The van der Waals surface area contributed by atoms with E-state index in [2.05, 4.69) is 34.9 Å². The second-order valence-electron chi connectivity index (χ2n) is 7.73. The van der Waals surface area contributed by atoms with Crippen LogP contribution in [-0.4, -0.2) is 28.0 Å². The number of aromatic nitrogens is 1. The highest BCUT2D eigenvalue weighted by atomic mass is 32.1. The predicted molar refractivity (Wildman–Crippen MR) is 121 cm³/mol. The molecule has 30 heavy (non-hydrogen) atoms. The summed E-state index contributed by atoms with van der Waals surface area (Å²) < 4.78 is 4.52. The lowest BCUT2D eigenvalue weighted by Crippen LogP contribution is -2.40. The molecule has 0 saturated carbocycles. The van der Waals surface area contributed by atoms with E-state index in [0.717, 1.165) is 38.2 Å². The number of anilines is 1. The molecule has 2 aromatic carbocycles. The summed E-state index contributed by atoms with van der Waals surface area (Å²) >= 11 is 1.34. The predicted octanol–water partition coefficient (Wildman–Crippen LogP) is 4.23. The first-order valence-electron chi connectivity index (χ1n) is 9.94. The van der Waals surface area contributed by atoms with Gasteiger partial charge in [-0.25, -0.2) is 0 Å². The van der Waals surface area contributed by atoms with Crippen molar-refractivity contribution in [1.82, 2.24) is 9.69 Å². The van der Waals surface area contributed by atoms with Crippen LogP contribution in [0.2, 0.25) is 0 Å². The van der Waals surface area contributed by atoms with E-state index >= 15 is 0 Å². The number of hydrogen-bond donors (Lipinski definition) is 3. The van der Waals surface area contributed by atoms with Gasteiger partial charge in [-0.05, 0) is 64.8 Å². The van der Waals surface area contributed by atoms with Gasteiger partial charge in [0.2, 0.25) is 5.91 Å². The maximum atomic E-state index is 12.6. The number of aliphatic hydroxyl groups excluding tert-OH is 1. The second-order valence-corrected chi connectivity index (χ2v) is 8.50. The number of carbonyl (C=O) groups excluding carboxylic acids is 1. The molecule has 0 aliphatic rings. The van der Waals surface area contributed by atoms with Gasteiger partial charge in [-0.3, -0.25) is 4.79 Å². The Kier molecular flexibility index (Phi) is 7.03. The molecule has 0 fully saturated rings. The Hall–Kier alpha value is -2.95. The molecule has 3 rings (SSSR count). The van der Waals surface area contributed by atoms with Gasteiger partial charge >= 0.3 is 0 Å². The summed E-state index contributed by atoms with van der Waals surface area (Å²) in [6.07, 6.45) is 0.648. The quantitative estimate of drug-likeness (QED) is 0.472. The third kappa shape index (κ3) is 4.96. The molecular formula is C23H26N4O2S. The number of aliphatic hydroxyl groups is 1. The Morgan fingerprint density at radius 1 is 1.23 bits per heavy atom. The average molecular weight is 423 g/mol. The van der Waals surface area contributed by atoms with Gasteiger partial charge in [0.1, 0.15) is 17.6 Å². The number of nitrogens with zero attached hydrogens (tertiary/aromatic N) is 2. The van der Waals surface area contributed by atoms with Gasteiger partial charge in [-0.15, -0.1) is 0 Å². The Morgan fingerprint density at radius 2 is 1.97 bits per heavy atom. The first kappa shape index (κ1) is 21.8. The minimum Gasteiger partial charge on any atom is -0.392 e. The minimum absolute atomic E-state index is 0.00974. The summed E-state index contributed by atoms with van der Waals surface area (Å²) in [6.45, 7) is 6.10. The lowest BCUT2D eigenvalue weighted by Gasteiger charge is -2.20. The van der Waals surface area contributed by atoms with Crippen LogP contribution in [0.3, 0.4) is 0 Å². The number of benzene rings is 2. The molecule has 0 radical (unpaired) electrons. The molecule has 0 aliphatic carbocycles. The number of amides is 1. The highest BCUT2D eigenvalue weighted by Gasteiger charge is 2.23. The van der Waals surface area contributed by atoms with Crippen LogP contribution in [-0.2, 0) is 11.4 Å². The van der Waals surface area contributed by atoms with E-state index in [1.807, 2.05) is 43.3 Å². The summed E-state index contributed by atoms with van der Waals surface area (Å²) in [5, 5.41) is 27.2. The highest BCUT2D eigenvalue weighted by Crippen LogP contribution is 2.37. The van der Waals surface area contributed by atoms with E-state index in [-0.39, 0.29) is 19.1 Å². The molecule has 1 atom stereocenters. The lowest BCUT2D eigenvalue weighted by atomic mass is 9.99. The fourth-order valence-corrected chi connectivity index (χ4v) is 4.34. The molecule has 1 amide bonds. The maximum absolute atomic E-state index is 12.6. The van der Waals surface area contributed by atoms with Crippen LogP contribution in [0.4, 0.5) is 5.00 Å². The summed E-state index contributed by atoms with van der Waals surface area (Å²) in [5.74, 6) is 0.131. The molecule has 7 heteroatoms. The van der Waals surface area contributed by atoms with Gasteiger partial charge < -0.3 is 15.7 Å². The maximum Gasteiger partial charge on any atom is 0.243 e. The lowest BCUT2D eigenvalue weighted by molar-refractivity contribution is -0.121. The zero-order chi connectivity index (χ0) is 21.7. The number of nitriles is 1. The molecule has 0 unspecified atom stereocenters. The highest BCUT2D eigenvalue weighted by molar-refractivity contribution is 7.11. The van der Waals surface area contributed by atoms with Crippen molar-refractivity contribution in [3.63, 3.8) is 0 Å². The SMILES string of the molecule is Cc1nsc(N[C@@H](CC(C)C)C(=O)NCC#N)c1-c1ccc2cc(CO)ccc2c1. The van der Waals surface area contributed by atoms with Gasteiger partial charge in [0.25, 0.3) is 0 Å². The number of hydrogen-bond acceptors (Lipinski definition) is 6. The van der Waals surface area contributed by atoms with Crippen molar-refractivity contribution in [2.45, 2.75) is 39.8 Å². The Morgan fingerprint density at radius 3 is 2.67 bits per heavy atom. The van der Waals surface area contributed by atoms with Crippen LogP contribution in [0.15, 0.2) is 36.4 Å². The first-order valence-corrected chi connectivity index (χ1v) is 10.7. The van der Waals surface area contributed by atoms with Gasteiger partial charge in [0, 0.05) is 5.56 Å². The second kappa shape index (κ2) is 9.70. The molecule has 0 saturated heterocycles. The van der Waals surface area contributed by atoms with Crippen molar-refractivity contribution in [2.75, 3.05) is 11.9 Å². The van der Waals surface area contributed by atoms with Crippen molar-refractivity contribution in [2.24, 2.45) is 5.92 Å². The fraction of sp³-hybridized carbons (Fsp3) is 0.348. The minimum atomic E-state index is -0.440. The van der Waals surface area contributed by atoms with E-state index in [1.165, 1.54) is 11.5 Å². The van der Waals surface area contributed by atoms with E-state index < -0.39 is 6.04 Å². The van der Waals surface area contributed by atoms with Crippen molar-refractivity contribution in [3.8, 4) is 17.2 Å². The summed E-state index contributed by atoms with van der Waals surface area (Å²) in [7, 11) is 0. The van der Waals surface area contributed by atoms with Crippen LogP contribution in [0, 0.1) is 24.2 Å². The molecule has 1 heterocycles. The molecule has 156 valence electrons. The Bertz CT molecular complexity index is 1080. The summed E-state index contributed by atoms with van der Waals surface area (Å²) in [4.78, 5) is 12.6. The first-order chi connectivity index (χ1) is 14.4. The molecule has 3 N–H and O–H groups in total. The van der Waals surface area contributed by atoms with E-state index in [1.54, 1.807) is 0 Å². The van der Waals surface area contributed by atoms with Crippen LogP contribution in [0.1, 0.15) is 31.5 Å². The van der Waals surface area contributed by atoms with Crippen molar-refractivity contribution in [1.29, 1.82) is 5.26 Å². The van der Waals surface area contributed by atoms with Crippen molar-refractivity contribution < 1.29 is 9.90 Å². The van der Waals surface area contributed by atoms with Crippen molar-refractivity contribution >= 4 is 33.2 Å². The van der Waals surface area contributed by atoms with E-state index in [4.69, 9.17) is 5.26 Å². The van der Waals surface area contributed by atoms with E-state index in [0.29, 0.717) is 12.3 Å². The summed E-state index contributed by atoms with van der Waals surface area (Å²) in [5.41, 5.74) is 3.78. The number of carbonyl (C=O) groups is 1. The van der Waals surface area contributed by atoms with Gasteiger partial charge in [0.05, 0.1) is 18.4 Å². The zero-order valence-electron chi connectivity index (χ0n) is 17.4. The largest absolute Gasteiger partial charge is 0.392 e. The molecule has 6 nitrogen and oxygen atoms in total. The topological polar surface area (TPSA) is 98.0 Å². The zero-order valence-corrected chi connectivity index (χ0v) is 18.2. The third-order valence-electron chi connectivity index (χ3n) is 4.91. The number of fused-ring (bicyclic) bond motifs is 1. The molecule has 1 aromatic heterocycles. The van der Waals surface area contributed by atoms with Crippen LogP contribution >= 0.6 is 11.5 Å². The molecule has 0 bridgehead atoms. The monoisotopic (exact) mass is 422 g/mol. The van der Waals surface area contributed by atoms with Gasteiger partial charge in [0.15, 0.2) is 0 Å². The third-order valence-corrected chi connectivity index (χ3v) is 5.78. The fourth-order valence-electron chi connectivity index (χ4n) is 3.47. The smallest absolute Gasteiger partial charge is 0.243 e. The number of aryl methyl sites for hydroxylation is 1. The Labute approximate surface area is 180 Å². The Balaban J connectivity index is 1.94. The van der Waals surface area contributed by atoms with Gasteiger partial charge in [-0.2, -0.15) is 9.64 Å². The normalized spacial score (nSPS) is 12.0. The van der Waals surface area contributed by atoms with Gasteiger partial charge in [-0.1, -0.05) is 38.1 Å². The molecule has 0 aliphatic heterocycles.